The largest absolute Gasteiger partial charge is 0.488 e. The summed E-state index contributed by atoms with van der Waals surface area (Å²) in [5, 5.41) is 4.14. The van der Waals surface area contributed by atoms with Crippen LogP contribution in [0.2, 0.25) is 0 Å². The first-order valence-electron chi connectivity index (χ1n) is 10.3. The van der Waals surface area contributed by atoms with Gasteiger partial charge in [-0.25, -0.2) is 0 Å². The van der Waals surface area contributed by atoms with E-state index in [1.807, 2.05) is 30.0 Å². The molecule has 2 aromatic carbocycles. The van der Waals surface area contributed by atoms with E-state index in [0.29, 0.717) is 31.2 Å². The lowest BCUT2D eigenvalue weighted by molar-refractivity contribution is 0.0734. The number of anilines is 1. The summed E-state index contributed by atoms with van der Waals surface area (Å²) in [5.41, 5.74) is 6.87. The van der Waals surface area contributed by atoms with Crippen molar-refractivity contribution in [1.29, 1.82) is 0 Å². The van der Waals surface area contributed by atoms with Crippen LogP contribution >= 0.6 is 0 Å². The van der Waals surface area contributed by atoms with Crippen molar-refractivity contribution >= 4 is 11.6 Å². The maximum atomic E-state index is 13.2. The van der Waals surface area contributed by atoms with Crippen molar-refractivity contribution in [3.05, 3.63) is 64.3 Å². The molecule has 0 N–H and O–H groups in total. The molecular weight excluding hydrogens is 378 g/mol. The third-order valence-electron chi connectivity index (χ3n) is 6.00. The van der Waals surface area contributed by atoms with Crippen molar-refractivity contribution < 1.29 is 14.1 Å². The van der Waals surface area contributed by atoms with Gasteiger partial charge in [-0.3, -0.25) is 4.79 Å². The molecule has 0 unspecified atom stereocenters. The van der Waals surface area contributed by atoms with Crippen LogP contribution in [-0.4, -0.2) is 42.1 Å². The van der Waals surface area contributed by atoms with Gasteiger partial charge < -0.3 is 19.1 Å². The number of hydrogen-bond acceptors (Lipinski definition) is 5. The van der Waals surface area contributed by atoms with Gasteiger partial charge in [0.1, 0.15) is 12.4 Å². The highest BCUT2D eigenvalue weighted by atomic mass is 16.5. The van der Waals surface area contributed by atoms with Crippen LogP contribution in [0.15, 0.2) is 40.9 Å². The van der Waals surface area contributed by atoms with Crippen LogP contribution in [0.25, 0.3) is 11.3 Å². The fourth-order valence-corrected chi connectivity index (χ4v) is 4.38. The molecule has 5 rings (SSSR count). The molecule has 154 valence electrons. The predicted molar refractivity (Wildman–Crippen MR) is 115 cm³/mol. The summed E-state index contributed by atoms with van der Waals surface area (Å²) in [6, 6.07) is 12.5. The molecule has 6 heteroatoms. The second-order valence-electron chi connectivity index (χ2n) is 8.20. The van der Waals surface area contributed by atoms with Crippen LogP contribution in [0, 0.1) is 20.8 Å². The number of piperazine rings is 1. The molecule has 1 fully saturated rings. The Morgan fingerprint density at radius 3 is 2.47 bits per heavy atom. The number of amides is 1. The molecule has 0 aliphatic carbocycles. The molecule has 6 nitrogen and oxygen atoms in total. The highest BCUT2D eigenvalue weighted by molar-refractivity contribution is 5.96. The minimum Gasteiger partial charge on any atom is -0.488 e. The molecule has 1 aromatic heterocycles. The van der Waals surface area contributed by atoms with Crippen molar-refractivity contribution in [2.24, 2.45) is 0 Å². The lowest BCUT2D eigenvalue weighted by Gasteiger charge is -2.36. The van der Waals surface area contributed by atoms with E-state index in [1.54, 1.807) is 0 Å². The number of benzene rings is 2. The van der Waals surface area contributed by atoms with Crippen LogP contribution < -0.4 is 9.64 Å². The van der Waals surface area contributed by atoms with Gasteiger partial charge in [0.05, 0.1) is 11.1 Å². The molecule has 2 aliphatic rings. The summed E-state index contributed by atoms with van der Waals surface area (Å²) in [7, 11) is 0. The van der Waals surface area contributed by atoms with E-state index in [2.05, 4.69) is 42.1 Å². The third kappa shape index (κ3) is 3.12. The summed E-state index contributed by atoms with van der Waals surface area (Å²) < 4.78 is 11.5. The zero-order valence-corrected chi connectivity index (χ0v) is 17.6. The van der Waals surface area contributed by atoms with Crippen molar-refractivity contribution in [2.75, 3.05) is 31.1 Å². The van der Waals surface area contributed by atoms with E-state index in [1.165, 1.54) is 16.8 Å². The predicted octanol–water partition coefficient (Wildman–Crippen LogP) is 4.12. The Morgan fingerprint density at radius 1 is 0.967 bits per heavy atom. The third-order valence-corrected chi connectivity index (χ3v) is 6.00. The number of carbonyl (C=O) groups is 1. The first-order chi connectivity index (χ1) is 14.5. The number of rotatable bonds is 2. The van der Waals surface area contributed by atoms with Gasteiger partial charge in [0.2, 0.25) is 0 Å². The topological polar surface area (TPSA) is 58.8 Å². The minimum absolute atomic E-state index is 0.0834. The van der Waals surface area contributed by atoms with E-state index >= 15 is 0 Å². The number of fused-ring (bicyclic) bond motifs is 3. The smallest absolute Gasteiger partial charge is 0.276 e. The first kappa shape index (κ1) is 18.7. The number of nitrogens with zero attached hydrogens (tertiary/aromatic N) is 3. The second kappa shape index (κ2) is 7.20. The van der Waals surface area contributed by atoms with E-state index in [4.69, 9.17) is 9.26 Å². The molecule has 1 saturated heterocycles. The van der Waals surface area contributed by atoms with E-state index in [0.717, 1.165) is 35.5 Å². The number of ether oxygens (including phenoxy) is 1. The van der Waals surface area contributed by atoms with Gasteiger partial charge in [-0.15, -0.1) is 0 Å². The Kier molecular flexibility index (Phi) is 4.50. The highest BCUT2D eigenvalue weighted by Gasteiger charge is 2.32. The van der Waals surface area contributed by atoms with Gasteiger partial charge in [-0.2, -0.15) is 0 Å². The molecule has 0 atom stereocenters. The van der Waals surface area contributed by atoms with E-state index < -0.39 is 0 Å². The van der Waals surface area contributed by atoms with Crippen molar-refractivity contribution in [3.63, 3.8) is 0 Å². The molecule has 3 heterocycles. The Labute approximate surface area is 176 Å². The molecule has 2 aliphatic heterocycles. The maximum absolute atomic E-state index is 13.2. The van der Waals surface area contributed by atoms with Crippen LogP contribution in [0.3, 0.4) is 0 Å². The number of carbonyl (C=O) groups excluding carboxylic acids is 1. The average molecular weight is 403 g/mol. The van der Waals surface area contributed by atoms with Gasteiger partial charge in [-0.1, -0.05) is 34.5 Å². The highest BCUT2D eigenvalue weighted by Crippen LogP contribution is 2.39. The number of hydrogen-bond donors (Lipinski definition) is 0. The van der Waals surface area contributed by atoms with Crippen molar-refractivity contribution in [1.82, 2.24) is 10.1 Å². The molecular formula is C24H25N3O3. The average Bonchev–Trinajstić information content (AvgIpc) is 3.18. The molecule has 0 spiro atoms. The molecule has 0 bridgehead atoms. The van der Waals surface area contributed by atoms with Crippen LogP contribution in [0.5, 0.6) is 5.75 Å². The summed E-state index contributed by atoms with van der Waals surface area (Å²) in [4.78, 5) is 17.4. The first-order valence-corrected chi connectivity index (χ1v) is 10.3. The number of aryl methyl sites for hydroxylation is 3. The summed E-state index contributed by atoms with van der Waals surface area (Å²) in [6.07, 6.45) is 0. The van der Waals surface area contributed by atoms with Crippen LogP contribution in [-0.2, 0) is 6.61 Å². The van der Waals surface area contributed by atoms with Crippen LogP contribution in [0.4, 0.5) is 5.69 Å². The van der Waals surface area contributed by atoms with E-state index in [9.17, 15) is 4.79 Å². The molecule has 0 radical (unpaired) electrons. The van der Waals surface area contributed by atoms with Gasteiger partial charge in [0, 0.05) is 31.9 Å². The maximum Gasteiger partial charge on any atom is 0.276 e. The summed E-state index contributed by atoms with van der Waals surface area (Å²) >= 11 is 0. The molecule has 0 saturated carbocycles. The molecule has 1 amide bonds. The van der Waals surface area contributed by atoms with Crippen molar-refractivity contribution in [3.8, 4) is 17.1 Å². The van der Waals surface area contributed by atoms with Gasteiger partial charge in [-0.05, 0) is 44.5 Å². The lowest BCUT2D eigenvalue weighted by atomic mass is 10.0. The van der Waals surface area contributed by atoms with Gasteiger partial charge in [0.25, 0.3) is 5.91 Å². The minimum atomic E-state index is -0.0834. The number of aromatic nitrogens is 1. The fourth-order valence-electron chi connectivity index (χ4n) is 4.38. The lowest BCUT2D eigenvalue weighted by Crippen LogP contribution is -2.49. The summed E-state index contributed by atoms with van der Waals surface area (Å²) in [6.45, 7) is 9.48. The van der Waals surface area contributed by atoms with E-state index in [-0.39, 0.29) is 5.91 Å². The second-order valence-corrected chi connectivity index (χ2v) is 8.20. The SMILES string of the molecule is Cc1ccc(N2CCN(C(=O)c3noc4c3COc3ccc(C)cc3-4)CC2)c(C)c1. The zero-order valence-electron chi connectivity index (χ0n) is 17.6. The van der Waals surface area contributed by atoms with Crippen LogP contribution in [0.1, 0.15) is 32.7 Å². The standard InChI is InChI=1S/C24H25N3O3/c1-15-4-6-20(17(3)12-15)26-8-10-27(11-9-26)24(28)22-19-14-29-21-7-5-16(2)13-18(21)23(19)30-25-22/h4-7,12-13H,8-11,14H2,1-3H3. The Morgan fingerprint density at radius 2 is 1.70 bits per heavy atom. The Bertz CT molecular complexity index is 1130. The van der Waals surface area contributed by atoms with Gasteiger partial charge in [0.15, 0.2) is 11.5 Å². The van der Waals surface area contributed by atoms with Crippen molar-refractivity contribution in [2.45, 2.75) is 27.4 Å². The summed E-state index contributed by atoms with van der Waals surface area (Å²) in [5.74, 6) is 1.34. The van der Waals surface area contributed by atoms with Gasteiger partial charge >= 0.3 is 0 Å². The quantitative estimate of drug-likeness (QED) is 0.644. The normalized spacial score (nSPS) is 15.4. The Balaban J connectivity index is 1.34. The molecule has 3 aromatic rings. The zero-order chi connectivity index (χ0) is 20.8. The fraction of sp³-hybridized carbons (Fsp3) is 0.333. The molecule has 30 heavy (non-hydrogen) atoms. The Hall–Kier alpha value is -3.28. The monoisotopic (exact) mass is 403 g/mol.